The molecule has 0 spiro atoms. The molecule has 0 amide bonds. The van der Waals surface area contributed by atoms with Crippen LogP contribution < -0.4 is 5.56 Å². The van der Waals surface area contributed by atoms with Gasteiger partial charge < -0.3 is 9.97 Å². The Kier molecular flexibility index (Phi) is 2.21. The van der Waals surface area contributed by atoms with Gasteiger partial charge in [-0.05, 0) is 40.9 Å². The first kappa shape index (κ1) is 9.84. The summed E-state index contributed by atoms with van der Waals surface area (Å²) in [5.74, 6) is 1.06. The summed E-state index contributed by atoms with van der Waals surface area (Å²) in [6, 6.07) is 3.77. The summed E-state index contributed by atoms with van der Waals surface area (Å²) in [5.41, 5.74) is 1.61. The maximum atomic E-state index is 11.7. The van der Waals surface area contributed by atoms with Crippen LogP contribution in [0.15, 0.2) is 27.6 Å². The average Bonchev–Trinajstić information content (AvgIpc) is 2.96. The highest BCUT2D eigenvalue weighted by Gasteiger charge is 2.29. The highest BCUT2D eigenvalue weighted by atomic mass is 79.9. The summed E-state index contributed by atoms with van der Waals surface area (Å²) < 4.78 is 0.574. The van der Waals surface area contributed by atoms with Crippen molar-refractivity contribution in [1.29, 1.82) is 0 Å². The Morgan fingerprint density at radius 2 is 2.25 bits per heavy atom. The SMILES string of the molecule is O=c1[nH]c(-c2ccc[nH]2)nc(C2CC2)c1Br. The van der Waals surface area contributed by atoms with Gasteiger partial charge in [0.1, 0.15) is 4.47 Å². The van der Waals surface area contributed by atoms with Crippen LogP contribution in [0.25, 0.3) is 11.5 Å². The van der Waals surface area contributed by atoms with Crippen molar-refractivity contribution in [2.24, 2.45) is 0 Å². The maximum Gasteiger partial charge on any atom is 0.265 e. The van der Waals surface area contributed by atoms with E-state index >= 15 is 0 Å². The zero-order valence-corrected chi connectivity index (χ0v) is 10.0. The van der Waals surface area contributed by atoms with Gasteiger partial charge >= 0.3 is 0 Å². The van der Waals surface area contributed by atoms with Gasteiger partial charge in [-0.3, -0.25) is 4.79 Å². The van der Waals surface area contributed by atoms with Gasteiger partial charge in [-0.2, -0.15) is 0 Å². The second-order valence-electron chi connectivity index (χ2n) is 3.97. The Labute approximate surface area is 100 Å². The first-order valence-corrected chi connectivity index (χ1v) is 5.98. The van der Waals surface area contributed by atoms with E-state index in [0.29, 0.717) is 16.2 Å². The molecule has 1 aliphatic rings. The highest BCUT2D eigenvalue weighted by molar-refractivity contribution is 9.10. The minimum Gasteiger partial charge on any atom is -0.359 e. The minimum absolute atomic E-state index is 0.110. The summed E-state index contributed by atoms with van der Waals surface area (Å²) in [6.45, 7) is 0. The number of aromatic amines is 2. The van der Waals surface area contributed by atoms with E-state index in [1.165, 1.54) is 0 Å². The Balaban J connectivity index is 2.17. The first-order valence-electron chi connectivity index (χ1n) is 5.19. The van der Waals surface area contributed by atoms with Crippen LogP contribution in [-0.4, -0.2) is 15.0 Å². The quantitative estimate of drug-likeness (QED) is 0.887. The summed E-state index contributed by atoms with van der Waals surface area (Å²) in [4.78, 5) is 22.0. The lowest BCUT2D eigenvalue weighted by atomic mass is 10.2. The summed E-state index contributed by atoms with van der Waals surface area (Å²) >= 11 is 3.30. The molecule has 1 fully saturated rings. The third kappa shape index (κ3) is 1.61. The van der Waals surface area contributed by atoms with Gasteiger partial charge in [0.25, 0.3) is 5.56 Å². The number of H-pyrrole nitrogens is 2. The maximum absolute atomic E-state index is 11.7. The smallest absolute Gasteiger partial charge is 0.265 e. The van der Waals surface area contributed by atoms with E-state index < -0.39 is 0 Å². The topological polar surface area (TPSA) is 61.5 Å². The number of hydrogen-bond acceptors (Lipinski definition) is 2. The third-order valence-electron chi connectivity index (χ3n) is 2.71. The number of nitrogens with zero attached hydrogens (tertiary/aromatic N) is 1. The predicted octanol–water partition coefficient (Wildman–Crippen LogP) is 2.40. The molecule has 3 rings (SSSR count). The zero-order valence-electron chi connectivity index (χ0n) is 8.46. The van der Waals surface area contributed by atoms with Crippen LogP contribution in [0.3, 0.4) is 0 Å². The van der Waals surface area contributed by atoms with Gasteiger partial charge in [-0.1, -0.05) is 0 Å². The molecule has 0 radical (unpaired) electrons. The molecule has 2 aromatic heterocycles. The van der Waals surface area contributed by atoms with Gasteiger partial charge in [0.05, 0.1) is 11.4 Å². The molecule has 0 saturated heterocycles. The molecule has 0 unspecified atom stereocenters. The standard InChI is InChI=1S/C11H10BrN3O/c12-8-9(6-3-4-6)14-10(15-11(8)16)7-2-1-5-13-7/h1-2,5-6,13H,3-4H2,(H,14,15,16). The van der Waals surface area contributed by atoms with Gasteiger partial charge in [0.15, 0.2) is 5.82 Å². The van der Waals surface area contributed by atoms with E-state index in [0.717, 1.165) is 24.2 Å². The number of halogens is 1. The monoisotopic (exact) mass is 279 g/mol. The predicted molar refractivity (Wildman–Crippen MR) is 64.3 cm³/mol. The lowest BCUT2D eigenvalue weighted by Crippen LogP contribution is -2.13. The van der Waals surface area contributed by atoms with E-state index in [4.69, 9.17) is 0 Å². The summed E-state index contributed by atoms with van der Waals surface area (Å²) in [6.07, 6.45) is 4.06. The van der Waals surface area contributed by atoms with Crippen LogP contribution in [0.2, 0.25) is 0 Å². The number of aromatic nitrogens is 3. The van der Waals surface area contributed by atoms with Gasteiger partial charge in [-0.15, -0.1) is 0 Å². The Bertz CT molecular complexity index is 569. The van der Waals surface area contributed by atoms with Crippen molar-refractivity contribution < 1.29 is 0 Å². The molecule has 1 saturated carbocycles. The molecule has 2 aromatic rings. The Hall–Kier alpha value is -1.36. The Morgan fingerprint density at radius 1 is 1.44 bits per heavy atom. The molecular formula is C11H10BrN3O. The minimum atomic E-state index is -0.110. The normalized spacial score (nSPS) is 15.3. The second-order valence-corrected chi connectivity index (χ2v) is 4.76. The van der Waals surface area contributed by atoms with Crippen molar-refractivity contribution in [3.05, 3.63) is 38.9 Å². The fourth-order valence-corrected chi connectivity index (χ4v) is 2.22. The fraction of sp³-hybridized carbons (Fsp3) is 0.273. The second kappa shape index (κ2) is 3.59. The number of rotatable bonds is 2. The zero-order chi connectivity index (χ0) is 11.1. The molecule has 0 bridgehead atoms. The largest absolute Gasteiger partial charge is 0.359 e. The molecule has 2 heterocycles. The van der Waals surface area contributed by atoms with Crippen molar-refractivity contribution >= 4 is 15.9 Å². The fourth-order valence-electron chi connectivity index (χ4n) is 1.71. The molecule has 5 heteroatoms. The molecule has 0 aliphatic heterocycles. The van der Waals surface area contributed by atoms with E-state index in [1.807, 2.05) is 18.3 Å². The molecule has 4 nitrogen and oxygen atoms in total. The van der Waals surface area contributed by atoms with Gasteiger partial charge in [-0.25, -0.2) is 4.98 Å². The lowest BCUT2D eigenvalue weighted by molar-refractivity contribution is 0.956. The molecule has 0 atom stereocenters. The summed E-state index contributed by atoms with van der Waals surface area (Å²) in [5, 5.41) is 0. The molecule has 82 valence electrons. The van der Waals surface area contributed by atoms with Crippen LogP contribution in [0.1, 0.15) is 24.5 Å². The van der Waals surface area contributed by atoms with E-state index in [-0.39, 0.29) is 5.56 Å². The molecule has 2 N–H and O–H groups in total. The van der Waals surface area contributed by atoms with Crippen LogP contribution in [0.4, 0.5) is 0 Å². The van der Waals surface area contributed by atoms with Crippen molar-refractivity contribution in [1.82, 2.24) is 15.0 Å². The van der Waals surface area contributed by atoms with Crippen molar-refractivity contribution in [3.8, 4) is 11.5 Å². The molecular weight excluding hydrogens is 270 g/mol. The highest BCUT2D eigenvalue weighted by Crippen LogP contribution is 2.41. The summed E-state index contributed by atoms with van der Waals surface area (Å²) in [7, 11) is 0. The average molecular weight is 280 g/mol. The van der Waals surface area contributed by atoms with Gasteiger partial charge in [0.2, 0.25) is 0 Å². The van der Waals surface area contributed by atoms with Crippen molar-refractivity contribution in [3.63, 3.8) is 0 Å². The molecule has 0 aromatic carbocycles. The number of nitrogens with one attached hydrogen (secondary N) is 2. The van der Waals surface area contributed by atoms with E-state index in [2.05, 4.69) is 30.9 Å². The molecule has 1 aliphatic carbocycles. The Morgan fingerprint density at radius 3 is 2.88 bits per heavy atom. The van der Waals surface area contributed by atoms with Crippen molar-refractivity contribution in [2.75, 3.05) is 0 Å². The van der Waals surface area contributed by atoms with Gasteiger partial charge in [0, 0.05) is 12.1 Å². The molecule has 16 heavy (non-hydrogen) atoms. The van der Waals surface area contributed by atoms with E-state index in [9.17, 15) is 4.79 Å². The first-order chi connectivity index (χ1) is 7.75. The van der Waals surface area contributed by atoms with Crippen LogP contribution in [0.5, 0.6) is 0 Å². The van der Waals surface area contributed by atoms with E-state index in [1.54, 1.807) is 0 Å². The van der Waals surface area contributed by atoms with Crippen LogP contribution >= 0.6 is 15.9 Å². The van der Waals surface area contributed by atoms with Crippen LogP contribution in [0, 0.1) is 0 Å². The third-order valence-corrected chi connectivity index (χ3v) is 3.47. The lowest BCUT2D eigenvalue weighted by Gasteiger charge is -2.04. The van der Waals surface area contributed by atoms with Crippen LogP contribution in [-0.2, 0) is 0 Å². The number of hydrogen-bond donors (Lipinski definition) is 2. The van der Waals surface area contributed by atoms with Crippen molar-refractivity contribution in [2.45, 2.75) is 18.8 Å².